The minimum Gasteiger partial charge on any atom is -0.475 e. The molecule has 4 N–H and O–H groups in total. The number of rotatable bonds is 6. The maximum Gasteiger partial charge on any atom is 0.490 e. The molecule has 3 heterocycles. The van der Waals surface area contributed by atoms with E-state index in [0.717, 1.165) is 56.1 Å². The first-order valence-corrected chi connectivity index (χ1v) is 12.4. The Morgan fingerprint density at radius 1 is 1.21 bits per heavy atom. The molecule has 0 radical (unpaired) electrons. The topological polar surface area (TPSA) is 131 Å². The van der Waals surface area contributed by atoms with Gasteiger partial charge in [-0.3, -0.25) is 0 Å². The molecule has 2 saturated heterocycles. The number of nitrogens with one attached hydrogen (secondary N) is 1. The van der Waals surface area contributed by atoms with E-state index >= 15 is 0 Å². The molecule has 13 heteroatoms. The Bertz CT molecular complexity index is 1090. The predicted octanol–water partition coefficient (Wildman–Crippen LogP) is 2.00. The van der Waals surface area contributed by atoms with Crippen molar-refractivity contribution in [3.8, 4) is 11.3 Å². The average molecular weight is 504 g/mol. The number of likely N-dealkylation sites (tertiary alicyclic amines) is 1. The number of benzene rings is 1. The average Bonchev–Trinajstić information content (AvgIpc) is 3.17. The number of hydrogen-bond acceptors (Lipinski definition) is 6. The lowest BCUT2D eigenvalue weighted by Gasteiger charge is -2.31. The molecule has 0 saturated carbocycles. The molecule has 0 bridgehead atoms. The summed E-state index contributed by atoms with van der Waals surface area (Å²) in [4.78, 5) is 16.4. The largest absolute Gasteiger partial charge is 0.490 e. The molecule has 2 aliphatic heterocycles. The molecule has 0 spiro atoms. The van der Waals surface area contributed by atoms with Gasteiger partial charge in [0.2, 0.25) is 10.0 Å². The number of primary sulfonamides is 1. The number of carboxylic acids is 1. The van der Waals surface area contributed by atoms with Crippen molar-refractivity contribution in [2.45, 2.75) is 42.8 Å². The zero-order chi connectivity index (χ0) is 24.9. The number of aliphatic carboxylic acids is 1. The zero-order valence-corrected chi connectivity index (χ0v) is 19.3. The molecule has 0 aliphatic carbocycles. The van der Waals surface area contributed by atoms with Crippen LogP contribution in [0.15, 0.2) is 35.4 Å². The number of halogens is 3. The Morgan fingerprint density at radius 2 is 1.85 bits per heavy atom. The summed E-state index contributed by atoms with van der Waals surface area (Å²) in [5.41, 5.74) is 1.61. The highest BCUT2D eigenvalue weighted by Gasteiger charge is 2.38. The molecule has 0 amide bonds. The van der Waals surface area contributed by atoms with E-state index in [1.807, 2.05) is 6.07 Å². The number of aromatic nitrogens is 2. The van der Waals surface area contributed by atoms with Gasteiger partial charge in [0.05, 0.1) is 10.6 Å². The quantitative estimate of drug-likeness (QED) is 0.550. The van der Waals surface area contributed by atoms with Crippen LogP contribution in [0.4, 0.5) is 13.2 Å². The van der Waals surface area contributed by atoms with E-state index in [1.165, 1.54) is 25.6 Å². The van der Waals surface area contributed by atoms with E-state index in [0.29, 0.717) is 5.92 Å². The van der Waals surface area contributed by atoms with Gasteiger partial charge in [-0.05, 0) is 57.6 Å². The number of nitrogens with zero attached hydrogens (tertiary/aromatic N) is 3. The number of imidazole rings is 1. The second kappa shape index (κ2) is 10.8. The van der Waals surface area contributed by atoms with Crippen LogP contribution in [0.1, 0.15) is 31.0 Å². The molecule has 4 rings (SSSR count). The Balaban J connectivity index is 0.000000406. The molecule has 2 fully saturated rings. The predicted molar refractivity (Wildman–Crippen MR) is 119 cm³/mol. The Labute approximate surface area is 195 Å². The van der Waals surface area contributed by atoms with Gasteiger partial charge in [-0.15, -0.1) is 0 Å². The summed E-state index contributed by atoms with van der Waals surface area (Å²) < 4.78 is 57.4. The van der Waals surface area contributed by atoms with E-state index < -0.39 is 22.2 Å². The van der Waals surface area contributed by atoms with Gasteiger partial charge in [0.15, 0.2) is 0 Å². The van der Waals surface area contributed by atoms with Crippen LogP contribution in [0, 0.1) is 0 Å². The Kier molecular flexibility index (Phi) is 8.34. The van der Waals surface area contributed by atoms with Crippen molar-refractivity contribution in [2.24, 2.45) is 5.14 Å². The van der Waals surface area contributed by atoms with Crippen molar-refractivity contribution < 1.29 is 31.5 Å². The monoisotopic (exact) mass is 503 g/mol. The number of carbonyl (C=O) groups is 1. The van der Waals surface area contributed by atoms with Gasteiger partial charge >= 0.3 is 12.1 Å². The molecule has 0 atom stereocenters. The maximum absolute atomic E-state index is 11.7. The summed E-state index contributed by atoms with van der Waals surface area (Å²) in [7, 11) is -3.72. The first-order valence-electron chi connectivity index (χ1n) is 10.9. The number of alkyl halides is 3. The molecule has 0 unspecified atom stereocenters. The summed E-state index contributed by atoms with van der Waals surface area (Å²) >= 11 is 0. The molecule has 1 aromatic carbocycles. The fourth-order valence-electron chi connectivity index (χ4n) is 3.84. The third-order valence-electron chi connectivity index (χ3n) is 5.82. The SMILES string of the molecule is NS(=O)(=O)c1cccc(-c2cn(CCN3CCC3)c(C3CCNCC3)n2)c1.O=C(O)C(F)(F)F. The molecule has 1 aromatic heterocycles. The van der Waals surface area contributed by atoms with E-state index in [9.17, 15) is 21.6 Å². The third kappa shape index (κ3) is 7.01. The van der Waals surface area contributed by atoms with Gasteiger partial charge in [0.1, 0.15) is 5.82 Å². The van der Waals surface area contributed by atoms with Gasteiger partial charge < -0.3 is 19.9 Å². The summed E-state index contributed by atoms with van der Waals surface area (Å²) in [6, 6.07) is 6.75. The summed E-state index contributed by atoms with van der Waals surface area (Å²) in [5, 5.41) is 15.8. The molecule has 2 aromatic rings. The van der Waals surface area contributed by atoms with Gasteiger partial charge in [-0.1, -0.05) is 12.1 Å². The minimum atomic E-state index is -5.08. The molecule has 188 valence electrons. The molecule has 2 aliphatic rings. The van der Waals surface area contributed by atoms with Crippen LogP contribution < -0.4 is 10.5 Å². The fourth-order valence-corrected chi connectivity index (χ4v) is 4.40. The highest BCUT2D eigenvalue weighted by molar-refractivity contribution is 7.89. The van der Waals surface area contributed by atoms with Crippen LogP contribution in [-0.4, -0.2) is 72.8 Å². The normalized spacial score (nSPS) is 17.5. The van der Waals surface area contributed by atoms with Crippen LogP contribution in [0.2, 0.25) is 0 Å². The van der Waals surface area contributed by atoms with Gasteiger partial charge in [-0.25, -0.2) is 23.3 Å². The van der Waals surface area contributed by atoms with Crippen molar-refractivity contribution >= 4 is 16.0 Å². The maximum atomic E-state index is 11.7. The van der Waals surface area contributed by atoms with Crippen LogP contribution in [-0.2, 0) is 21.4 Å². The molecule has 9 nitrogen and oxygen atoms in total. The lowest BCUT2D eigenvalue weighted by atomic mass is 9.97. The van der Waals surface area contributed by atoms with Crippen LogP contribution in [0.25, 0.3) is 11.3 Å². The number of piperidine rings is 1. The summed E-state index contributed by atoms with van der Waals surface area (Å²) in [6.45, 7) is 6.34. The zero-order valence-electron chi connectivity index (χ0n) is 18.5. The first kappa shape index (κ1) is 26.1. The van der Waals surface area contributed by atoms with Crippen LogP contribution in [0.5, 0.6) is 0 Å². The summed E-state index contributed by atoms with van der Waals surface area (Å²) in [6.07, 6.45) is 0.435. The fraction of sp³-hybridized carbons (Fsp3) is 0.524. The molecular formula is C21H28F3N5O4S. The lowest BCUT2D eigenvalue weighted by molar-refractivity contribution is -0.192. The molecular weight excluding hydrogens is 475 g/mol. The number of sulfonamides is 1. The number of carboxylic acid groups (broad SMARTS) is 1. The third-order valence-corrected chi connectivity index (χ3v) is 6.73. The highest BCUT2D eigenvalue weighted by Crippen LogP contribution is 2.29. The van der Waals surface area contributed by atoms with Crippen LogP contribution >= 0.6 is 0 Å². The van der Waals surface area contributed by atoms with Crippen molar-refractivity contribution in [2.75, 3.05) is 32.7 Å². The first-order chi connectivity index (χ1) is 15.9. The van der Waals surface area contributed by atoms with Crippen molar-refractivity contribution in [3.05, 3.63) is 36.3 Å². The lowest BCUT2D eigenvalue weighted by Crippen LogP contribution is -2.39. The van der Waals surface area contributed by atoms with Gasteiger partial charge in [-0.2, -0.15) is 13.2 Å². The number of nitrogens with two attached hydrogens (primary N) is 1. The highest BCUT2D eigenvalue weighted by atomic mass is 32.2. The Morgan fingerprint density at radius 3 is 2.38 bits per heavy atom. The summed E-state index contributed by atoms with van der Waals surface area (Å²) in [5.74, 6) is -1.20. The van der Waals surface area contributed by atoms with Gasteiger partial charge in [0, 0.05) is 30.8 Å². The van der Waals surface area contributed by atoms with E-state index in [4.69, 9.17) is 20.0 Å². The minimum absolute atomic E-state index is 0.124. The van der Waals surface area contributed by atoms with E-state index in [1.54, 1.807) is 12.1 Å². The molecule has 34 heavy (non-hydrogen) atoms. The Hall–Kier alpha value is -2.48. The number of hydrogen-bond donors (Lipinski definition) is 3. The van der Waals surface area contributed by atoms with Gasteiger partial charge in [0.25, 0.3) is 0 Å². The van der Waals surface area contributed by atoms with E-state index in [2.05, 4.69) is 21.0 Å². The second-order valence-electron chi connectivity index (χ2n) is 8.27. The van der Waals surface area contributed by atoms with E-state index in [-0.39, 0.29) is 4.90 Å². The van der Waals surface area contributed by atoms with Crippen molar-refractivity contribution in [1.29, 1.82) is 0 Å². The smallest absolute Gasteiger partial charge is 0.475 e. The second-order valence-corrected chi connectivity index (χ2v) is 9.83. The van der Waals surface area contributed by atoms with Crippen molar-refractivity contribution in [1.82, 2.24) is 19.8 Å². The standard InChI is InChI=1S/C19H27N5O2S.C2HF3O2/c20-27(25,26)17-4-1-3-16(13-17)18-14-24(12-11-23-9-2-10-23)19(22-18)15-5-7-21-8-6-15;3-2(4,5)1(6)7/h1,3-4,13-15,21H,2,5-12H2,(H2,20,25,26);(H,6,7). The van der Waals surface area contributed by atoms with Crippen LogP contribution in [0.3, 0.4) is 0 Å². The van der Waals surface area contributed by atoms with Crippen molar-refractivity contribution in [3.63, 3.8) is 0 Å².